The van der Waals surface area contributed by atoms with Crippen LogP contribution in [0.15, 0.2) is 75.6 Å². The molecule has 0 saturated carbocycles. The summed E-state index contributed by atoms with van der Waals surface area (Å²) in [7, 11) is 1.54. The van der Waals surface area contributed by atoms with Crippen LogP contribution in [0.4, 0.5) is 5.69 Å². The van der Waals surface area contributed by atoms with Crippen molar-refractivity contribution in [2.24, 2.45) is 0 Å². The Kier molecular flexibility index (Phi) is 4.64. The Balaban J connectivity index is 1.63. The first-order valence-electron chi connectivity index (χ1n) is 8.25. The van der Waals surface area contributed by atoms with Gasteiger partial charge in [-0.05, 0) is 48.5 Å². The molecule has 134 valence electrons. The number of amides is 1. The minimum atomic E-state index is -0.248. The van der Waals surface area contributed by atoms with Crippen molar-refractivity contribution in [3.05, 3.63) is 76.8 Å². The number of benzene rings is 3. The summed E-state index contributed by atoms with van der Waals surface area (Å²) in [5, 5.41) is 2.88. The molecule has 0 unspecified atom stereocenters. The standard InChI is InChI=1S/C21H15BrN2O3/c1-26-18-8-3-2-7-16(18)20(25)23-15-9-10-19-17(12-15)24-21(27-19)13-5-4-6-14(22)11-13/h2-12H,1H3,(H,23,25). The SMILES string of the molecule is COc1ccccc1C(=O)Nc1ccc2oc(-c3cccc(Br)c3)nc2c1. The predicted molar refractivity (Wildman–Crippen MR) is 108 cm³/mol. The van der Waals surface area contributed by atoms with Gasteiger partial charge in [-0.25, -0.2) is 4.98 Å². The molecule has 3 aromatic carbocycles. The number of hydrogen-bond donors (Lipinski definition) is 1. The van der Waals surface area contributed by atoms with E-state index in [1.807, 2.05) is 30.3 Å². The van der Waals surface area contributed by atoms with Gasteiger partial charge in [0.2, 0.25) is 5.89 Å². The molecule has 0 aliphatic heterocycles. The van der Waals surface area contributed by atoms with Crippen molar-refractivity contribution in [1.29, 1.82) is 0 Å². The van der Waals surface area contributed by atoms with E-state index in [-0.39, 0.29) is 5.91 Å². The molecule has 4 rings (SSSR count). The second-order valence-corrected chi connectivity index (χ2v) is 6.78. The van der Waals surface area contributed by atoms with Crippen LogP contribution in [0.5, 0.6) is 5.75 Å². The van der Waals surface area contributed by atoms with E-state index in [0.717, 1.165) is 10.0 Å². The summed E-state index contributed by atoms with van der Waals surface area (Å²) in [6.45, 7) is 0. The molecule has 0 atom stereocenters. The summed E-state index contributed by atoms with van der Waals surface area (Å²) in [5.41, 5.74) is 3.30. The van der Waals surface area contributed by atoms with Crippen LogP contribution in [-0.2, 0) is 0 Å². The molecule has 1 amide bonds. The molecule has 4 aromatic rings. The summed E-state index contributed by atoms with van der Waals surface area (Å²) in [6.07, 6.45) is 0. The number of anilines is 1. The Morgan fingerprint density at radius 1 is 1.07 bits per heavy atom. The number of para-hydroxylation sites is 1. The quantitative estimate of drug-likeness (QED) is 0.470. The Morgan fingerprint density at radius 3 is 2.74 bits per heavy atom. The monoisotopic (exact) mass is 422 g/mol. The van der Waals surface area contributed by atoms with E-state index in [9.17, 15) is 4.79 Å². The van der Waals surface area contributed by atoms with Crippen molar-refractivity contribution in [3.8, 4) is 17.2 Å². The second kappa shape index (κ2) is 7.25. The van der Waals surface area contributed by atoms with E-state index >= 15 is 0 Å². The first-order chi connectivity index (χ1) is 13.1. The van der Waals surface area contributed by atoms with Gasteiger partial charge in [0.15, 0.2) is 5.58 Å². The van der Waals surface area contributed by atoms with Crippen molar-refractivity contribution >= 4 is 38.6 Å². The third-order valence-electron chi connectivity index (χ3n) is 4.07. The summed E-state index contributed by atoms with van der Waals surface area (Å²) >= 11 is 3.45. The molecule has 0 bridgehead atoms. The zero-order valence-electron chi connectivity index (χ0n) is 14.4. The van der Waals surface area contributed by atoms with Crippen LogP contribution in [0.2, 0.25) is 0 Å². The average molecular weight is 423 g/mol. The van der Waals surface area contributed by atoms with E-state index < -0.39 is 0 Å². The smallest absolute Gasteiger partial charge is 0.259 e. The lowest BCUT2D eigenvalue weighted by Gasteiger charge is -2.08. The first-order valence-corrected chi connectivity index (χ1v) is 9.04. The van der Waals surface area contributed by atoms with Crippen LogP contribution in [0.3, 0.4) is 0 Å². The van der Waals surface area contributed by atoms with Gasteiger partial charge in [-0.2, -0.15) is 0 Å². The molecule has 1 aromatic heterocycles. The Bertz CT molecular complexity index is 1140. The van der Waals surface area contributed by atoms with Gasteiger partial charge >= 0.3 is 0 Å². The summed E-state index contributed by atoms with van der Waals surface area (Å²) in [4.78, 5) is 17.1. The number of halogens is 1. The maximum absolute atomic E-state index is 12.6. The van der Waals surface area contributed by atoms with E-state index in [1.165, 1.54) is 7.11 Å². The van der Waals surface area contributed by atoms with Crippen LogP contribution in [0.25, 0.3) is 22.6 Å². The highest BCUT2D eigenvalue weighted by Crippen LogP contribution is 2.28. The molecular weight excluding hydrogens is 408 g/mol. The van der Waals surface area contributed by atoms with Crippen LogP contribution in [0.1, 0.15) is 10.4 Å². The van der Waals surface area contributed by atoms with Crippen molar-refractivity contribution in [3.63, 3.8) is 0 Å². The number of fused-ring (bicyclic) bond motifs is 1. The van der Waals surface area contributed by atoms with Crippen LogP contribution in [0, 0.1) is 0 Å². The summed E-state index contributed by atoms with van der Waals surface area (Å²) in [6, 6.07) is 20.2. The maximum Gasteiger partial charge on any atom is 0.259 e. The van der Waals surface area contributed by atoms with Crippen LogP contribution in [-0.4, -0.2) is 18.0 Å². The van der Waals surface area contributed by atoms with Gasteiger partial charge in [0.05, 0.1) is 12.7 Å². The fourth-order valence-corrected chi connectivity index (χ4v) is 3.18. The molecule has 6 heteroatoms. The number of hydrogen-bond acceptors (Lipinski definition) is 4. The molecule has 0 spiro atoms. The summed E-state index contributed by atoms with van der Waals surface area (Å²) < 4.78 is 12.0. The number of methoxy groups -OCH3 is 1. The largest absolute Gasteiger partial charge is 0.496 e. The zero-order chi connectivity index (χ0) is 18.8. The molecule has 0 fully saturated rings. The number of carbonyl (C=O) groups excluding carboxylic acids is 1. The normalized spacial score (nSPS) is 10.7. The van der Waals surface area contributed by atoms with Gasteiger partial charge in [-0.3, -0.25) is 4.79 Å². The van der Waals surface area contributed by atoms with Gasteiger partial charge in [0.25, 0.3) is 5.91 Å². The number of rotatable bonds is 4. The average Bonchev–Trinajstić information content (AvgIpc) is 3.11. The molecule has 0 aliphatic rings. The van der Waals surface area contributed by atoms with Gasteiger partial charge < -0.3 is 14.5 Å². The van der Waals surface area contributed by atoms with Crippen molar-refractivity contribution in [2.75, 3.05) is 12.4 Å². The minimum absolute atomic E-state index is 0.248. The molecule has 5 nitrogen and oxygen atoms in total. The first kappa shape index (κ1) is 17.3. The van der Waals surface area contributed by atoms with E-state index in [2.05, 4.69) is 26.2 Å². The van der Waals surface area contributed by atoms with E-state index in [4.69, 9.17) is 9.15 Å². The van der Waals surface area contributed by atoms with Crippen molar-refractivity contribution in [2.45, 2.75) is 0 Å². The topological polar surface area (TPSA) is 64.4 Å². The predicted octanol–water partition coefficient (Wildman–Crippen LogP) is 5.52. The molecule has 1 N–H and O–H groups in total. The Labute approximate surface area is 164 Å². The van der Waals surface area contributed by atoms with Gasteiger partial charge in [-0.15, -0.1) is 0 Å². The Morgan fingerprint density at radius 2 is 1.93 bits per heavy atom. The van der Waals surface area contributed by atoms with Gasteiger partial charge in [0.1, 0.15) is 11.3 Å². The third-order valence-corrected chi connectivity index (χ3v) is 4.56. The molecule has 0 saturated heterocycles. The Hall–Kier alpha value is -3.12. The zero-order valence-corrected chi connectivity index (χ0v) is 16.0. The number of carbonyl (C=O) groups is 1. The number of nitrogens with zero attached hydrogens (tertiary/aromatic N) is 1. The molecule has 1 heterocycles. The molecule has 0 radical (unpaired) electrons. The second-order valence-electron chi connectivity index (χ2n) is 5.87. The maximum atomic E-state index is 12.6. The lowest BCUT2D eigenvalue weighted by atomic mass is 10.2. The highest BCUT2D eigenvalue weighted by Gasteiger charge is 2.13. The van der Waals surface area contributed by atoms with E-state index in [1.54, 1.807) is 36.4 Å². The number of aromatic nitrogens is 1. The lowest BCUT2D eigenvalue weighted by Crippen LogP contribution is -2.13. The minimum Gasteiger partial charge on any atom is -0.496 e. The molecular formula is C21H15BrN2O3. The number of oxazole rings is 1. The lowest BCUT2D eigenvalue weighted by molar-refractivity contribution is 0.102. The number of nitrogens with one attached hydrogen (secondary N) is 1. The molecule has 0 aliphatic carbocycles. The van der Waals surface area contributed by atoms with Crippen LogP contribution < -0.4 is 10.1 Å². The van der Waals surface area contributed by atoms with E-state index in [0.29, 0.717) is 34.0 Å². The number of ether oxygens (including phenoxy) is 1. The van der Waals surface area contributed by atoms with Crippen LogP contribution >= 0.6 is 15.9 Å². The van der Waals surface area contributed by atoms with Gasteiger partial charge in [0, 0.05) is 15.7 Å². The fraction of sp³-hybridized carbons (Fsp3) is 0.0476. The third kappa shape index (κ3) is 3.57. The highest BCUT2D eigenvalue weighted by atomic mass is 79.9. The van der Waals surface area contributed by atoms with Crippen molar-refractivity contribution in [1.82, 2.24) is 4.98 Å². The molecule has 27 heavy (non-hydrogen) atoms. The highest BCUT2D eigenvalue weighted by molar-refractivity contribution is 9.10. The summed E-state index contributed by atoms with van der Waals surface area (Å²) in [5.74, 6) is 0.802. The van der Waals surface area contributed by atoms with Gasteiger partial charge in [-0.1, -0.05) is 34.1 Å². The fourth-order valence-electron chi connectivity index (χ4n) is 2.78. The van der Waals surface area contributed by atoms with Crippen molar-refractivity contribution < 1.29 is 13.9 Å².